The average Bonchev–Trinajstić information content (AvgIpc) is 3.30. The fraction of sp³-hybridized carbons (Fsp3) is 0.478. The lowest BCUT2D eigenvalue weighted by molar-refractivity contribution is 0.246. The zero-order valence-corrected chi connectivity index (χ0v) is 17.2. The van der Waals surface area contributed by atoms with Gasteiger partial charge in [-0.25, -0.2) is 0 Å². The summed E-state index contributed by atoms with van der Waals surface area (Å²) >= 11 is 0. The van der Waals surface area contributed by atoms with E-state index in [1.807, 2.05) is 6.07 Å². The third-order valence-corrected chi connectivity index (χ3v) is 6.71. The molecule has 1 saturated carbocycles. The molecule has 0 unspecified atom stereocenters. The van der Waals surface area contributed by atoms with E-state index in [0.29, 0.717) is 23.2 Å². The van der Waals surface area contributed by atoms with E-state index in [1.165, 1.54) is 30.4 Å². The molecular weight excluding hydrogens is 362 g/mol. The molecule has 152 valence electrons. The molecule has 3 heterocycles. The zero-order valence-electron chi connectivity index (χ0n) is 17.2. The van der Waals surface area contributed by atoms with Gasteiger partial charge in [-0.3, -0.25) is 14.4 Å². The number of benzene rings is 1. The zero-order chi connectivity index (χ0) is 20.0. The van der Waals surface area contributed by atoms with Gasteiger partial charge in [0.05, 0.1) is 11.6 Å². The van der Waals surface area contributed by atoms with Crippen LogP contribution in [0.15, 0.2) is 35.3 Å². The Morgan fingerprint density at radius 2 is 2.00 bits per heavy atom. The lowest BCUT2D eigenvalue weighted by Gasteiger charge is -2.29. The van der Waals surface area contributed by atoms with E-state index in [9.17, 15) is 4.79 Å². The highest BCUT2D eigenvalue weighted by Crippen LogP contribution is 2.36. The first-order valence-corrected chi connectivity index (χ1v) is 10.8. The van der Waals surface area contributed by atoms with E-state index in [4.69, 9.17) is 5.10 Å². The van der Waals surface area contributed by atoms with Gasteiger partial charge in [-0.15, -0.1) is 0 Å². The number of rotatable bonds is 4. The van der Waals surface area contributed by atoms with Gasteiger partial charge in [0.1, 0.15) is 5.39 Å². The fourth-order valence-corrected chi connectivity index (χ4v) is 5.00. The van der Waals surface area contributed by atoms with E-state index in [0.717, 1.165) is 37.3 Å². The second kappa shape index (κ2) is 7.34. The number of pyridine rings is 1. The lowest BCUT2D eigenvalue weighted by atomic mass is 9.86. The standard InChI is InChI=1S/C23H29N5O/c1-3-27-13-16-8-9-18(12-17(16)14-27)25-22-21-20(10-11-24-23(21)29)28(26-22)19-7-5-4-6-15(19)2/h8-12,15,19H,3-7,13-14H2,1-2H3,(H,24,29)(H,25,26)/t15-,19-/m0/s1. The summed E-state index contributed by atoms with van der Waals surface area (Å²) in [6, 6.07) is 8.83. The average molecular weight is 392 g/mol. The lowest BCUT2D eigenvalue weighted by Crippen LogP contribution is -2.22. The van der Waals surface area contributed by atoms with Crippen molar-refractivity contribution in [1.82, 2.24) is 19.7 Å². The topological polar surface area (TPSA) is 66.0 Å². The molecule has 1 aliphatic carbocycles. The Morgan fingerprint density at radius 1 is 1.17 bits per heavy atom. The van der Waals surface area contributed by atoms with Gasteiger partial charge in [0.15, 0.2) is 5.82 Å². The molecule has 0 amide bonds. The molecule has 2 N–H and O–H groups in total. The van der Waals surface area contributed by atoms with Gasteiger partial charge in [0.2, 0.25) is 0 Å². The fourth-order valence-electron chi connectivity index (χ4n) is 5.00. The molecule has 0 radical (unpaired) electrons. The van der Waals surface area contributed by atoms with Gasteiger partial charge in [0, 0.05) is 25.0 Å². The number of aromatic nitrogens is 3. The maximum absolute atomic E-state index is 12.7. The number of nitrogens with one attached hydrogen (secondary N) is 2. The number of fused-ring (bicyclic) bond motifs is 2. The first kappa shape index (κ1) is 18.4. The summed E-state index contributed by atoms with van der Waals surface area (Å²) in [5, 5.41) is 9.03. The number of anilines is 2. The summed E-state index contributed by atoms with van der Waals surface area (Å²) in [5.74, 6) is 1.23. The number of aromatic amines is 1. The van der Waals surface area contributed by atoms with Gasteiger partial charge in [-0.05, 0) is 54.6 Å². The van der Waals surface area contributed by atoms with Crippen LogP contribution in [-0.4, -0.2) is 26.2 Å². The molecule has 1 aromatic carbocycles. The summed E-state index contributed by atoms with van der Waals surface area (Å²) in [4.78, 5) is 17.9. The summed E-state index contributed by atoms with van der Waals surface area (Å²) in [7, 11) is 0. The van der Waals surface area contributed by atoms with Crippen LogP contribution in [0.1, 0.15) is 56.7 Å². The van der Waals surface area contributed by atoms with E-state index in [2.05, 4.69) is 51.9 Å². The highest BCUT2D eigenvalue weighted by atomic mass is 16.1. The Labute approximate surface area is 170 Å². The molecule has 29 heavy (non-hydrogen) atoms. The molecule has 0 bridgehead atoms. The molecule has 5 rings (SSSR count). The molecule has 6 heteroatoms. The number of hydrogen-bond acceptors (Lipinski definition) is 4. The number of hydrogen-bond donors (Lipinski definition) is 2. The van der Waals surface area contributed by atoms with E-state index >= 15 is 0 Å². The smallest absolute Gasteiger partial charge is 0.261 e. The number of H-pyrrole nitrogens is 1. The summed E-state index contributed by atoms with van der Waals surface area (Å²) in [6.45, 7) is 7.56. The van der Waals surface area contributed by atoms with Crippen molar-refractivity contribution in [3.8, 4) is 0 Å². The van der Waals surface area contributed by atoms with Crippen LogP contribution in [0, 0.1) is 5.92 Å². The summed E-state index contributed by atoms with van der Waals surface area (Å²) in [6.07, 6.45) is 6.58. The van der Waals surface area contributed by atoms with Gasteiger partial charge in [-0.2, -0.15) is 5.10 Å². The Morgan fingerprint density at radius 3 is 2.83 bits per heavy atom. The molecule has 1 fully saturated rings. The van der Waals surface area contributed by atoms with Crippen molar-refractivity contribution in [3.63, 3.8) is 0 Å². The molecule has 2 aromatic heterocycles. The van der Waals surface area contributed by atoms with Crippen LogP contribution in [0.25, 0.3) is 10.9 Å². The van der Waals surface area contributed by atoms with Crippen LogP contribution in [0.5, 0.6) is 0 Å². The number of nitrogens with zero attached hydrogens (tertiary/aromatic N) is 3. The normalized spacial score (nSPS) is 22.1. The Bertz CT molecular complexity index is 1100. The van der Waals surface area contributed by atoms with Gasteiger partial charge >= 0.3 is 0 Å². The van der Waals surface area contributed by atoms with Gasteiger partial charge in [0.25, 0.3) is 5.56 Å². The van der Waals surface area contributed by atoms with Crippen molar-refractivity contribution < 1.29 is 0 Å². The minimum atomic E-state index is -0.0852. The molecule has 6 nitrogen and oxygen atoms in total. The first-order valence-electron chi connectivity index (χ1n) is 10.8. The Hall–Kier alpha value is -2.60. The van der Waals surface area contributed by atoms with Crippen LogP contribution >= 0.6 is 0 Å². The molecule has 1 aliphatic heterocycles. The van der Waals surface area contributed by atoms with Crippen molar-refractivity contribution >= 4 is 22.4 Å². The minimum absolute atomic E-state index is 0.0852. The summed E-state index contributed by atoms with van der Waals surface area (Å²) < 4.78 is 2.10. The second-order valence-corrected chi connectivity index (χ2v) is 8.60. The molecule has 2 atom stereocenters. The van der Waals surface area contributed by atoms with Crippen molar-refractivity contribution in [2.45, 2.75) is 58.7 Å². The van der Waals surface area contributed by atoms with E-state index < -0.39 is 0 Å². The quantitative estimate of drug-likeness (QED) is 0.684. The van der Waals surface area contributed by atoms with Crippen LogP contribution in [0.4, 0.5) is 11.5 Å². The SMILES string of the molecule is CCN1Cc2ccc(Nc3nn([C@H]4CCCC[C@@H]4C)c4cc[nH]c(=O)c34)cc2C1. The summed E-state index contributed by atoms with van der Waals surface area (Å²) in [5.41, 5.74) is 4.58. The van der Waals surface area contributed by atoms with Crippen LogP contribution < -0.4 is 10.9 Å². The molecule has 3 aromatic rings. The third kappa shape index (κ3) is 3.25. The molecule has 0 spiro atoms. The Balaban J connectivity index is 1.53. The van der Waals surface area contributed by atoms with Crippen molar-refractivity contribution in [1.29, 1.82) is 0 Å². The van der Waals surface area contributed by atoms with Crippen LogP contribution in [-0.2, 0) is 13.1 Å². The van der Waals surface area contributed by atoms with Crippen LogP contribution in [0.2, 0.25) is 0 Å². The maximum atomic E-state index is 12.7. The van der Waals surface area contributed by atoms with Crippen molar-refractivity contribution in [2.24, 2.45) is 5.92 Å². The molecule has 0 saturated heterocycles. The van der Waals surface area contributed by atoms with Gasteiger partial charge < -0.3 is 10.3 Å². The largest absolute Gasteiger partial charge is 0.338 e. The highest BCUT2D eigenvalue weighted by Gasteiger charge is 2.27. The van der Waals surface area contributed by atoms with E-state index in [-0.39, 0.29) is 5.56 Å². The predicted octanol–water partition coefficient (Wildman–Crippen LogP) is 4.55. The first-order chi connectivity index (χ1) is 14.1. The van der Waals surface area contributed by atoms with E-state index in [1.54, 1.807) is 6.20 Å². The monoisotopic (exact) mass is 391 g/mol. The maximum Gasteiger partial charge on any atom is 0.261 e. The highest BCUT2D eigenvalue weighted by molar-refractivity contribution is 5.91. The Kier molecular flexibility index (Phi) is 4.66. The van der Waals surface area contributed by atoms with Crippen molar-refractivity contribution in [2.75, 3.05) is 11.9 Å². The van der Waals surface area contributed by atoms with Gasteiger partial charge in [-0.1, -0.05) is 32.8 Å². The second-order valence-electron chi connectivity index (χ2n) is 8.60. The minimum Gasteiger partial charge on any atom is -0.338 e. The third-order valence-electron chi connectivity index (χ3n) is 6.71. The van der Waals surface area contributed by atoms with Crippen LogP contribution in [0.3, 0.4) is 0 Å². The van der Waals surface area contributed by atoms with Crippen molar-refractivity contribution in [3.05, 3.63) is 51.9 Å². The molecular formula is C23H29N5O. The molecule has 2 aliphatic rings. The predicted molar refractivity (Wildman–Crippen MR) is 117 cm³/mol.